The fourth-order valence-electron chi connectivity index (χ4n) is 2.42. The zero-order chi connectivity index (χ0) is 20.8. The Balaban J connectivity index is 0. The Morgan fingerprint density at radius 3 is 1.96 bits per heavy atom. The van der Waals surface area contributed by atoms with Crippen molar-refractivity contribution in [3.8, 4) is 0 Å². The summed E-state index contributed by atoms with van der Waals surface area (Å²) in [5, 5.41) is 42.3. The van der Waals surface area contributed by atoms with Gasteiger partial charge in [0, 0.05) is 6.42 Å². The highest BCUT2D eigenvalue weighted by Gasteiger charge is 2.00. The van der Waals surface area contributed by atoms with Crippen molar-refractivity contribution >= 4 is 5.97 Å². The van der Waals surface area contributed by atoms with E-state index in [-0.39, 0.29) is 19.3 Å². The molecule has 0 aliphatic carbocycles. The van der Waals surface area contributed by atoms with Crippen LogP contribution in [0.3, 0.4) is 0 Å². The topological polar surface area (TPSA) is 118 Å². The molecule has 6 nitrogen and oxygen atoms in total. The molecule has 0 rings (SSSR count). The van der Waals surface area contributed by atoms with Crippen molar-refractivity contribution in [2.75, 3.05) is 13.2 Å². The molecule has 0 aromatic heterocycles. The maximum atomic E-state index is 10.3. The zero-order valence-corrected chi connectivity index (χ0v) is 17.1. The summed E-state index contributed by atoms with van der Waals surface area (Å²) in [6.45, 7) is 1.47. The van der Waals surface area contributed by atoms with Crippen LogP contribution in [0.1, 0.15) is 90.4 Å². The summed E-state index contributed by atoms with van der Waals surface area (Å²) in [5.74, 6) is -0.689. The van der Waals surface area contributed by atoms with Gasteiger partial charge in [-0.1, -0.05) is 64.0 Å². The van der Waals surface area contributed by atoms with E-state index in [2.05, 4.69) is 19.1 Å². The second-order valence-electron chi connectivity index (χ2n) is 6.93. The normalized spacial score (nSPS) is 12.2. The van der Waals surface area contributed by atoms with Gasteiger partial charge in [-0.15, -0.1) is 0 Å². The van der Waals surface area contributed by atoms with Crippen molar-refractivity contribution in [2.45, 2.75) is 103 Å². The van der Waals surface area contributed by atoms with Crippen molar-refractivity contribution in [2.24, 2.45) is 0 Å². The lowest BCUT2D eigenvalue weighted by Gasteiger charge is -2.07. The van der Waals surface area contributed by atoms with Crippen LogP contribution in [0.4, 0.5) is 0 Å². The third-order valence-electron chi connectivity index (χ3n) is 4.15. The van der Waals surface area contributed by atoms with E-state index < -0.39 is 12.1 Å². The van der Waals surface area contributed by atoms with Crippen LogP contribution in [0.15, 0.2) is 12.2 Å². The fraction of sp³-hybridized carbons (Fsp3) is 0.857. The summed E-state index contributed by atoms with van der Waals surface area (Å²) in [7, 11) is 0. The Morgan fingerprint density at radius 2 is 1.41 bits per heavy atom. The van der Waals surface area contributed by atoms with Crippen LogP contribution >= 0.6 is 0 Å². The summed E-state index contributed by atoms with van der Waals surface area (Å²) in [6, 6.07) is 0. The number of hydrogen-bond acceptors (Lipinski definition) is 5. The van der Waals surface area contributed by atoms with E-state index in [4.69, 9.17) is 20.4 Å². The van der Waals surface area contributed by atoms with Crippen LogP contribution in [0.2, 0.25) is 0 Å². The maximum absolute atomic E-state index is 10.3. The Hall–Kier alpha value is -0.950. The lowest BCUT2D eigenvalue weighted by molar-refractivity contribution is -0.137. The highest BCUT2D eigenvalue weighted by Crippen LogP contribution is 2.10. The molecule has 162 valence electrons. The molecule has 0 heterocycles. The molecule has 0 aliphatic heterocycles. The zero-order valence-electron chi connectivity index (χ0n) is 17.1. The van der Waals surface area contributed by atoms with Crippen LogP contribution in [-0.2, 0) is 4.79 Å². The molecule has 0 amide bonds. The van der Waals surface area contributed by atoms with Gasteiger partial charge in [-0.2, -0.15) is 0 Å². The first-order valence-corrected chi connectivity index (χ1v) is 10.4. The molecule has 0 saturated carbocycles. The summed E-state index contributed by atoms with van der Waals surface area (Å²) in [5.41, 5.74) is 0. The van der Waals surface area contributed by atoms with Crippen molar-refractivity contribution in [3.05, 3.63) is 12.2 Å². The maximum Gasteiger partial charge on any atom is 0.303 e. The first-order chi connectivity index (χ1) is 13.0. The average Bonchev–Trinajstić information content (AvgIpc) is 2.66. The van der Waals surface area contributed by atoms with E-state index in [1.807, 2.05) is 0 Å². The lowest BCUT2D eigenvalue weighted by atomic mass is 10.1. The van der Waals surface area contributed by atoms with Crippen LogP contribution in [-0.4, -0.2) is 56.9 Å². The van der Waals surface area contributed by atoms with Crippen LogP contribution in [0, 0.1) is 0 Å². The van der Waals surface area contributed by atoms with Crippen molar-refractivity contribution in [1.29, 1.82) is 0 Å². The van der Waals surface area contributed by atoms with E-state index in [1.165, 1.54) is 25.7 Å². The summed E-state index contributed by atoms with van der Waals surface area (Å²) in [4.78, 5) is 10.3. The van der Waals surface area contributed by atoms with E-state index in [9.17, 15) is 9.90 Å². The van der Waals surface area contributed by atoms with Gasteiger partial charge in [0.25, 0.3) is 0 Å². The number of aliphatic hydroxyl groups is 4. The van der Waals surface area contributed by atoms with Crippen molar-refractivity contribution in [1.82, 2.24) is 0 Å². The van der Waals surface area contributed by atoms with Gasteiger partial charge in [0.2, 0.25) is 0 Å². The first-order valence-electron chi connectivity index (χ1n) is 10.4. The largest absolute Gasteiger partial charge is 0.481 e. The quantitative estimate of drug-likeness (QED) is 0.192. The Labute approximate surface area is 164 Å². The molecule has 5 N–H and O–H groups in total. The summed E-state index contributed by atoms with van der Waals surface area (Å²) in [6.07, 6.45) is 16.4. The van der Waals surface area contributed by atoms with Gasteiger partial charge in [-0.25, -0.2) is 0 Å². The van der Waals surface area contributed by atoms with Crippen molar-refractivity contribution < 1.29 is 30.3 Å². The highest BCUT2D eigenvalue weighted by molar-refractivity contribution is 5.66. The van der Waals surface area contributed by atoms with E-state index in [1.54, 1.807) is 0 Å². The molecule has 0 bridgehead atoms. The second kappa shape index (κ2) is 23.1. The van der Waals surface area contributed by atoms with Crippen LogP contribution < -0.4 is 0 Å². The molecule has 0 fully saturated rings. The molecular weight excluding hydrogens is 348 g/mol. The molecular formula is C21H42O6. The Bertz CT molecular complexity index is 329. The average molecular weight is 391 g/mol. The third-order valence-corrected chi connectivity index (χ3v) is 4.15. The molecule has 6 heteroatoms. The van der Waals surface area contributed by atoms with Gasteiger partial charge in [0.05, 0.1) is 19.3 Å². The third kappa shape index (κ3) is 27.4. The van der Waals surface area contributed by atoms with Crippen LogP contribution in [0.5, 0.6) is 0 Å². The van der Waals surface area contributed by atoms with Gasteiger partial charge < -0.3 is 25.5 Å². The molecule has 0 aromatic rings. The lowest BCUT2D eigenvalue weighted by Crippen LogP contribution is -2.15. The predicted octanol–water partition coefficient (Wildman–Crippen LogP) is 3.41. The van der Waals surface area contributed by atoms with Gasteiger partial charge in [0.15, 0.2) is 0 Å². The monoisotopic (exact) mass is 390 g/mol. The number of unbranched alkanes of at least 4 members (excludes halogenated alkanes) is 8. The second-order valence-corrected chi connectivity index (χ2v) is 6.93. The van der Waals surface area contributed by atoms with E-state index in [0.29, 0.717) is 6.42 Å². The highest BCUT2D eigenvalue weighted by atomic mass is 16.4. The van der Waals surface area contributed by atoms with Crippen molar-refractivity contribution in [3.63, 3.8) is 0 Å². The summed E-state index contributed by atoms with van der Waals surface area (Å²) >= 11 is 0. The van der Waals surface area contributed by atoms with Gasteiger partial charge in [0.1, 0.15) is 6.10 Å². The fourth-order valence-corrected chi connectivity index (χ4v) is 2.42. The molecule has 1 atom stereocenters. The molecule has 0 aliphatic rings. The predicted molar refractivity (Wildman–Crippen MR) is 109 cm³/mol. The molecule has 0 unspecified atom stereocenters. The molecule has 0 spiro atoms. The number of carbonyl (C=O) groups is 1. The molecule has 0 radical (unpaired) electrons. The number of aliphatic carboxylic acids is 1. The minimum atomic E-state index is -0.954. The number of carboxylic acids is 1. The number of hydrogen-bond donors (Lipinski definition) is 5. The minimum absolute atomic E-state index is 0.172. The number of aliphatic hydroxyl groups excluding tert-OH is 4. The number of carboxylic acid groups (broad SMARTS) is 1. The molecule has 27 heavy (non-hydrogen) atoms. The SMILES string of the molecule is CCCCCC[C@@H](O)C/C=C/CCCCCCCC(=O)O.OCC(O)CO. The number of rotatable bonds is 17. The van der Waals surface area contributed by atoms with Gasteiger partial charge >= 0.3 is 5.97 Å². The number of allylic oxidation sites excluding steroid dienone is 1. The van der Waals surface area contributed by atoms with Gasteiger partial charge in [-0.05, 0) is 32.1 Å². The standard InChI is InChI=1S/C18H34O3.C3H8O3/c1-2-3-4-11-14-17(19)15-12-9-7-5-6-8-10-13-16-18(20)21;4-1-3(6)2-5/h9,12,17,19H,2-8,10-11,13-16H2,1H3,(H,20,21);3-6H,1-2H2/b12-9+;/t17-;/m1./s1. The molecule has 0 aromatic carbocycles. The first kappa shape index (κ1) is 28.3. The molecule has 0 saturated heterocycles. The smallest absolute Gasteiger partial charge is 0.303 e. The van der Waals surface area contributed by atoms with E-state index in [0.717, 1.165) is 51.4 Å². The van der Waals surface area contributed by atoms with Gasteiger partial charge in [-0.3, -0.25) is 4.79 Å². The minimum Gasteiger partial charge on any atom is -0.481 e. The Morgan fingerprint density at radius 1 is 0.815 bits per heavy atom. The van der Waals surface area contributed by atoms with Crippen LogP contribution in [0.25, 0.3) is 0 Å². The summed E-state index contributed by atoms with van der Waals surface area (Å²) < 4.78 is 0. The van der Waals surface area contributed by atoms with E-state index >= 15 is 0 Å². The Kier molecular flexibility index (Phi) is 24.2.